The Morgan fingerprint density at radius 2 is 2.20 bits per heavy atom. The molecule has 0 spiro atoms. The molecule has 1 aliphatic rings. The molecule has 1 aliphatic carbocycles. The summed E-state index contributed by atoms with van der Waals surface area (Å²) in [5.74, 6) is 0.953. The Labute approximate surface area is 64.0 Å². The molecule has 0 radical (unpaired) electrons. The molecule has 0 aromatic carbocycles. The van der Waals surface area contributed by atoms with Crippen molar-refractivity contribution in [2.45, 2.75) is 51.5 Å². The van der Waals surface area contributed by atoms with Crippen molar-refractivity contribution in [2.24, 2.45) is 11.7 Å². The van der Waals surface area contributed by atoms with Crippen LogP contribution >= 0.6 is 0 Å². The lowest BCUT2D eigenvalue weighted by Crippen LogP contribution is -2.27. The summed E-state index contributed by atoms with van der Waals surface area (Å²) < 4.78 is 0. The van der Waals surface area contributed by atoms with Crippen LogP contribution in [-0.4, -0.2) is 6.04 Å². The molecule has 1 nitrogen and oxygen atoms in total. The molecular weight excluding hydrogens is 122 g/mol. The molecule has 0 aromatic heterocycles. The molecule has 60 valence electrons. The summed E-state index contributed by atoms with van der Waals surface area (Å²) >= 11 is 0. The van der Waals surface area contributed by atoms with Gasteiger partial charge in [-0.25, -0.2) is 0 Å². The molecule has 2 atom stereocenters. The molecule has 2 N–H and O–H groups in total. The van der Waals surface area contributed by atoms with Crippen LogP contribution in [0.5, 0.6) is 0 Å². The Morgan fingerprint density at radius 1 is 1.40 bits per heavy atom. The van der Waals surface area contributed by atoms with Crippen molar-refractivity contribution >= 4 is 0 Å². The van der Waals surface area contributed by atoms with E-state index >= 15 is 0 Å². The van der Waals surface area contributed by atoms with E-state index in [0.29, 0.717) is 6.04 Å². The first kappa shape index (κ1) is 8.06. The molecule has 10 heavy (non-hydrogen) atoms. The van der Waals surface area contributed by atoms with E-state index in [1.807, 2.05) is 0 Å². The highest BCUT2D eigenvalue weighted by Crippen LogP contribution is 2.26. The first-order valence-electron chi connectivity index (χ1n) is 4.58. The van der Waals surface area contributed by atoms with Crippen molar-refractivity contribution < 1.29 is 0 Å². The number of hydrogen-bond donors (Lipinski definition) is 1. The van der Waals surface area contributed by atoms with Crippen molar-refractivity contribution in [3.63, 3.8) is 0 Å². The van der Waals surface area contributed by atoms with Gasteiger partial charge in [0.2, 0.25) is 0 Å². The summed E-state index contributed by atoms with van der Waals surface area (Å²) in [6.07, 6.45) is 8.08. The molecule has 0 saturated heterocycles. The van der Waals surface area contributed by atoms with Crippen molar-refractivity contribution in [1.29, 1.82) is 0 Å². The minimum atomic E-state index is 0.519. The molecule has 0 unspecified atom stereocenters. The van der Waals surface area contributed by atoms with Crippen molar-refractivity contribution in [2.75, 3.05) is 0 Å². The Morgan fingerprint density at radius 3 is 2.80 bits per heavy atom. The molecule has 1 heteroatoms. The molecule has 0 amide bonds. The monoisotopic (exact) mass is 141 g/mol. The van der Waals surface area contributed by atoms with Gasteiger partial charge in [0.15, 0.2) is 0 Å². The normalized spacial score (nSPS) is 34.2. The third kappa shape index (κ3) is 2.30. The number of nitrogens with two attached hydrogens (primary N) is 1. The van der Waals surface area contributed by atoms with Crippen molar-refractivity contribution in [3.05, 3.63) is 0 Å². The van der Waals surface area contributed by atoms with Gasteiger partial charge < -0.3 is 5.73 Å². The van der Waals surface area contributed by atoms with Gasteiger partial charge in [0, 0.05) is 6.04 Å². The van der Waals surface area contributed by atoms with E-state index in [-0.39, 0.29) is 0 Å². The van der Waals surface area contributed by atoms with E-state index in [1.54, 1.807) is 0 Å². The predicted octanol–water partition coefficient (Wildman–Crippen LogP) is 2.30. The highest BCUT2D eigenvalue weighted by atomic mass is 14.6. The summed E-state index contributed by atoms with van der Waals surface area (Å²) in [6.45, 7) is 2.26. The van der Waals surface area contributed by atoms with Gasteiger partial charge in [0.25, 0.3) is 0 Å². The largest absolute Gasteiger partial charge is 0.328 e. The summed E-state index contributed by atoms with van der Waals surface area (Å²) in [5, 5.41) is 0. The zero-order valence-corrected chi connectivity index (χ0v) is 6.97. The fraction of sp³-hybridized carbons (Fsp3) is 1.00. The van der Waals surface area contributed by atoms with Crippen LogP contribution in [0.2, 0.25) is 0 Å². The second-order valence-corrected chi connectivity index (χ2v) is 3.58. The first-order chi connectivity index (χ1) is 4.83. The van der Waals surface area contributed by atoms with E-state index in [9.17, 15) is 0 Å². The molecule has 0 heterocycles. The van der Waals surface area contributed by atoms with Crippen LogP contribution in [0.3, 0.4) is 0 Å². The van der Waals surface area contributed by atoms with Crippen molar-refractivity contribution in [1.82, 2.24) is 0 Å². The summed E-state index contributed by atoms with van der Waals surface area (Å²) in [6, 6.07) is 0.519. The zero-order valence-electron chi connectivity index (χ0n) is 6.97. The van der Waals surface area contributed by atoms with Crippen LogP contribution in [0.15, 0.2) is 0 Å². The Kier molecular flexibility index (Phi) is 3.20. The van der Waals surface area contributed by atoms with E-state index in [1.165, 1.54) is 38.5 Å². The van der Waals surface area contributed by atoms with Gasteiger partial charge in [-0.1, -0.05) is 32.6 Å². The fourth-order valence-corrected chi connectivity index (χ4v) is 2.00. The lowest BCUT2D eigenvalue weighted by molar-refractivity contribution is 0.305. The van der Waals surface area contributed by atoms with Crippen LogP contribution < -0.4 is 5.73 Å². The minimum Gasteiger partial charge on any atom is -0.328 e. The maximum Gasteiger partial charge on any atom is 0.00414 e. The molecule has 1 fully saturated rings. The van der Waals surface area contributed by atoms with Gasteiger partial charge >= 0.3 is 0 Å². The first-order valence-corrected chi connectivity index (χ1v) is 4.58. The van der Waals surface area contributed by atoms with Gasteiger partial charge in [-0.05, 0) is 18.8 Å². The second kappa shape index (κ2) is 3.97. The maximum absolute atomic E-state index is 5.86. The molecule has 0 aliphatic heterocycles. The molecule has 0 aromatic rings. The highest BCUT2D eigenvalue weighted by molar-refractivity contribution is 4.74. The average molecular weight is 141 g/mol. The van der Waals surface area contributed by atoms with Gasteiger partial charge in [0.1, 0.15) is 0 Å². The summed E-state index contributed by atoms with van der Waals surface area (Å²) in [5.41, 5.74) is 5.86. The Balaban J connectivity index is 2.18. The second-order valence-electron chi connectivity index (χ2n) is 3.58. The van der Waals surface area contributed by atoms with E-state index in [4.69, 9.17) is 5.73 Å². The molecular formula is C9H19N. The number of rotatable bonds is 2. The Hall–Kier alpha value is -0.0400. The van der Waals surface area contributed by atoms with E-state index in [2.05, 4.69) is 6.92 Å². The maximum atomic E-state index is 5.86. The van der Waals surface area contributed by atoms with Crippen LogP contribution in [0.25, 0.3) is 0 Å². The Bertz CT molecular complexity index is 88.7. The van der Waals surface area contributed by atoms with Crippen LogP contribution in [0.4, 0.5) is 0 Å². The lowest BCUT2D eigenvalue weighted by Gasteiger charge is -2.25. The summed E-state index contributed by atoms with van der Waals surface area (Å²) in [4.78, 5) is 0. The third-order valence-corrected chi connectivity index (χ3v) is 2.52. The average Bonchev–Trinajstić information content (AvgIpc) is 1.88. The summed E-state index contributed by atoms with van der Waals surface area (Å²) in [7, 11) is 0. The minimum absolute atomic E-state index is 0.519. The predicted molar refractivity (Wildman–Crippen MR) is 44.8 cm³/mol. The van der Waals surface area contributed by atoms with Gasteiger partial charge in [-0.2, -0.15) is 0 Å². The van der Waals surface area contributed by atoms with Gasteiger partial charge in [-0.15, -0.1) is 0 Å². The van der Waals surface area contributed by atoms with E-state index < -0.39 is 0 Å². The van der Waals surface area contributed by atoms with E-state index in [0.717, 1.165) is 5.92 Å². The molecule has 0 bridgehead atoms. The highest BCUT2D eigenvalue weighted by Gasteiger charge is 2.17. The van der Waals surface area contributed by atoms with Crippen LogP contribution in [0, 0.1) is 5.92 Å². The fourth-order valence-electron chi connectivity index (χ4n) is 2.00. The standard InChI is InChI=1S/C9H19N/c1-2-4-8-5-3-6-9(10)7-8/h8-9H,2-7,10H2,1H3/t8-,9+/m1/s1. The lowest BCUT2D eigenvalue weighted by atomic mass is 9.84. The van der Waals surface area contributed by atoms with Crippen LogP contribution in [0.1, 0.15) is 45.4 Å². The number of hydrogen-bond acceptors (Lipinski definition) is 1. The smallest absolute Gasteiger partial charge is 0.00414 e. The SMILES string of the molecule is CCC[C@@H]1CCC[C@H](N)C1. The van der Waals surface area contributed by atoms with Crippen LogP contribution in [-0.2, 0) is 0 Å². The van der Waals surface area contributed by atoms with Crippen molar-refractivity contribution in [3.8, 4) is 0 Å². The molecule has 1 saturated carbocycles. The third-order valence-electron chi connectivity index (χ3n) is 2.52. The topological polar surface area (TPSA) is 26.0 Å². The quantitative estimate of drug-likeness (QED) is 0.627. The molecule has 1 rings (SSSR count). The zero-order chi connectivity index (χ0) is 7.40. The van der Waals surface area contributed by atoms with Gasteiger partial charge in [0.05, 0.1) is 0 Å². The van der Waals surface area contributed by atoms with Gasteiger partial charge in [-0.3, -0.25) is 0 Å².